The molecule has 0 fully saturated rings. The van der Waals surface area contributed by atoms with Crippen LogP contribution < -0.4 is 11.1 Å². The molecule has 0 aliphatic rings. The van der Waals surface area contributed by atoms with Gasteiger partial charge in [0.15, 0.2) is 0 Å². The van der Waals surface area contributed by atoms with Crippen molar-refractivity contribution >= 4 is 75.8 Å². The highest BCUT2D eigenvalue weighted by atomic mass is 79.9. The van der Waals surface area contributed by atoms with Gasteiger partial charge in [-0.1, -0.05) is 31.9 Å². The van der Waals surface area contributed by atoms with Crippen molar-refractivity contribution in [3.63, 3.8) is 0 Å². The van der Waals surface area contributed by atoms with Crippen LogP contribution in [-0.4, -0.2) is 4.98 Å². The highest BCUT2D eigenvalue weighted by Gasteiger charge is 2.09. The summed E-state index contributed by atoms with van der Waals surface area (Å²) in [5.41, 5.74) is 9.39. The first kappa shape index (κ1) is 14.8. The second-order valence-electron chi connectivity index (χ2n) is 4.50. The molecule has 0 bridgehead atoms. The Balaban J connectivity index is 2.15. The smallest absolute Gasteiger partial charge is 0.0746 e. The third kappa shape index (κ3) is 3.07. The van der Waals surface area contributed by atoms with Gasteiger partial charge in [0.05, 0.1) is 28.8 Å². The molecule has 3 nitrogen and oxygen atoms in total. The van der Waals surface area contributed by atoms with Crippen LogP contribution in [-0.2, 0) is 0 Å². The van der Waals surface area contributed by atoms with Crippen LogP contribution >= 0.6 is 47.8 Å². The molecule has 3 aromatic rings. The van der Waals surface area contributed by atoms with Crippen LogP contribution in [0.25, 0.3) is 10.9 Å². The van der Waals surface area contributed by atoms with Crippen LogP contribution in [0.5, 0.6) is 0 Å². The third-order valence-corrected chi connectivity index (χ3v) is 4.69. The van der Waals surface area contributed by atoms with Crippen molar-refractivity contribution in [2.45, 2.75) is 0 Å². The number of rotatable bonds is 2. The minimum atomic E-state index is 0.607. The number of hydrogen-bond acceptors (Lipinski definition) is 3. The summed E-state index contributed by atoms with van der Waals surface area (Å²) in [4.78, 5) is 4.36. The standard InChI is InChI=1S/C15H10Br3N3/c16-8-1-3-13-10(5-8)15(12(19)7-20-13)21-14-4-2-9(17)6-11(14)18/h1-7H,19H2,(H,20,21). The lowest BCUT2D eigenvalue weighted by Crippen LogP contribution is -1.99. The summed E-state index contributed by atoms with van der Waals surface area (Å²) in [6.45, 7) is 0. The van der Waals surface area contributed by atoms with E-state index >= 15 is 0 Å². The quantitative estimate of drug-likeness (QED) is 0.493. The highest BCUT2D eigenvalue weighted by Crippen LogP contribution is 2.35. The first-order valence-corrected chi connectivity index (χ1v) is 8.48. The van der Waals surface area contributed by atoms with Crippen molar-refractivity contribution < 1.29 is 0 Å². The van der Waals surface area contributed by atoms with E-state index in [1.54, 1.807) is 6.20 Å². The number of fused-ring (bicyclic) bond motifs is 1. The van der Waals surface area contributed by atoms with E-state index in [2.05, 4.69) is 58.1 Å². The number of hydrogen-bond donors (Lipinski definition) is 2. The normalized spacial score (nSPS) is 10.8. The van der Waals surface area contributed by atoms with Gasteiger partial charge in [-0.05, 0) is 52.3 Å². The zero-order valence-corrected chi connectivity index (χ0v) is 15.5. The summed E-state index contributed by atoms with van der Waals surface area (Å²) in [5.74, 6) is 0. The van der Waals surface area contributed by atoms with Crippen LogP contribution in [0, 0.1) is 0 Å². The largest absolute Gasteiger partial charge is 0.396 e. The van der Waals surface area contributed by atoms with E-state index in [1.165, 1.54) is 0 Å². The van der Waals surface area contributed by atoms with E-state index in [0.717, 1.165) is 35.7 Å². The molecule has 106 valence electrons. The fourth-order valence-electron chi connectivity index (χ4n) is 2.05. The maximum Gasteiger partial charge on any atom is 0.0746 e. The molecule has 0 aliphatic heterocycles. The molecule has 0 radical (unpaired) electrons. The van der Waals surface area contributed by atoms with Gasteiger partial charge in [-0.2, -0.15) is 0 Å². The molecule has 0 aliphatic carbocycles. The second-order valence-corrected chi connectivity index (χ2v) is 7.18. The topological polar surface area (TPSA) is 50.9 Å². The van der Waals surface area contributed by atoms with Gasteiger partial charge in [-0.15, -0.1) is 0 Å². The van der Waals surface area contributed by atoms with Crippen molar-refractivity contribution in [3.8, 4) is 0 Å². The average Bonchev–Trinajstić information content (AvgIpc) is 2.44. The summed E-state index contributed by atoms with van der Waals surface area (Å²) in [6.07, 6.45) is 1.67. The number of anilines is 3. The molecule has 0 unspecified atom stereocenters. The predicted octanol–water partition coefficient (Wildman–Crippen LogP) is 5.85. The van der Waals surface area contributed by atoms with E-state index in [1.807, 2.05) is 36.4 Å². The van der Waals surface area contributed by atoms with Crippen LogP contribution in [0.4, 0.5) is 17.1 Å². The summed E-state index contributed by atoms with van der Waals surface area (Å²) >= 11 is 10.5. The molecule has 0 saturated carbocycles. The van der Waals surface area contributed by atoms with Crippen LogP contribution in [0.2, 0.25) is 0 Å². The van der Waals surface area contributed by atoms with Crippen molar-refractivity contribution in [1.82, 2.24) is 4.98 Å². The number of benzene rings is 2. The number of pyridine rings is 1. The van der Waals surface area contributed by atoms with E-state index in [-0.39, 0.29) is 0 Å². The predicted molar refractivity (Wildman–Crippen MR) is 99.0 cm³/mol. The molecular formula is C15H10Br3N3. The Kier molecular flexibility index (Phi) is 4.19. The van der Waals surface area contributed by atoms with Crippen molar-refractivity contribution in [2.24, 2.45) is 0 Å². The minimum absolute atomic E-state index is 0.607. The monoisotopic (exact) mass is 469 g/mol. The lowest BCUT2D eigenvalue weighted by atomic mass is 10.1. The molecule has 0 atom stereocenters. The lowest BCUT2D eigenvalue weighted by Gasteiger charge is -2.14. The number of aromatic nitrogens is 1. The molecule has 0 saturated heterocycles. The molecule has 6 heteroatoms. The van der Waals surface area contributed by atoms with Crippen LogP contribution in [0.1, 0.15) is 0 Å². The highest BCUT2D eigenvalue weighted by molar-refractivity contribution is 9.11. The Morgan fingerprint density at radius 3 is 2.43 bits per heavy atom. The van der Waals surface area contributed by atoms with E-state index < -0.39 is 0 Å². The zero-order valence-electron chi connectivity index (χ0n) is 10.7. The van der Waals surface area contributed by atoms with Gasteiger partial charge in [0.25, 0.3) is 0 Å². The van der Waals surface area contributed by atoms with Gasteiger partial charge in [0, 0.05) is 18.8 Å². The second kappa shape index (κ2) is 5.94. The molecular weight excluding hydrogens is 462 g/mol. The van der Waals surface area contributed by atoms with E-state index in [9.17, 15) is 0 Å². The number of nitrogens with zero attached hydrogens (tertiary/aromatic N) is 1. The molecule has 1 aromatic heterocycles. The summed E-state index contributed by atoms with van der Waals surface area (Å²) < 4.78 is 2.95. The Morgan fingerprint density at radius 1 is 0.952 bits per heavy atom. The minimum Gasteiger partial charge on any atom is -0.396 e. The third-order valence-electron chi connectivity index (χ3n) is 3.05. The van der Waals surface area contributed by atoms with Crippen molar-refractivity contribution in [1.29, 1.82) is 0 Å². The SMILES string of the molecule is Nc1cnc2ccc(Br)cc2c1Nc1ccc(Br)cc1Br. The first-order valence-electron chi connectivity index (χ1n) is 6.10. The molecule has 0 spiro atoms. The number of nitrogens with two attached hydrogens (primary N) is 1. The molecule has 0 amide bonds. The Bertz CT molecular complexity index is 829. The number of nitrogens with one attached hydrogen (secondary N) is 1. The zero-order chi connectivity index (χ0) is 15.0. The van der Waals surface area contributed by atoms with E-state index in [0.29, 0.717) is 5.69 Å². The van der Waals surface area contributed by atoms with Gasteiger partial charge >= 0.3 is 0 Å². The maximum atomic E-state index is 6.10. The van der Waals surface area contributed by atoms with Crippen LogP contribution in [0.3, 0.4) is 0 Å². The number of halogens is 3. The lowest BCUT2D eigenvalue weighted by molar-refractivity contribution is 1.40. The van der Waals surface area contributed by atoms with Crippen molar-refractivity contribution in [2.75, 3.05) is 11.1 Å². The maximum absolute atomic E-state index is 6.10. The molecule has 3 rings (SSSR count). The fourth-order valence-corrected chi connectivity index (χ4v) is 3.55. The summed E-state index contributed by atoms with van der Waals surface area (Å²) in [5, 5.41) is 4.36. The van der Waals surface area contributed by atoms with Gasteiger partial charge in [0.1, 0.15) is 0 Å². The Morgan fingerprint density at radius 2 is 1.67 bits per heavy atom. The average molecular weight is 472 g/mol. The van der Waals surface area contributed by atoms with Gasteiger partial charge < -0.3 is 11.1 Å². The Hall–Kier alpha value is -1.11. The molecule has 1 heterocycles. The van der Waals surface area contributed by atoms with Gasteiger partial charge in [-0.3, -0.25) is 4.98 Å². The van der Waals surface area contributed by atoms with Crippen LogP contribution in [0.15, 0.2) is 56.0 Å². The molecule has 21 heavy (non-hydrogen) atoms. The van der Waals surface area contributed by atoms with E-state index in [4.69, 9.17) is 5.73 Å². The number of nitrogen functional groups attached to an aromatic ring is 1. The van der Waals surface area contributed by atoms with Gasteiger partial charge in [0.2, 0.25) is 0 Å². The van der Waals surface area contributed by atoms with Crippen molar-refractivity contribution in [3.05, 3.63) is 56.0 Å². The first-order chi connectivity index (χ1) is 10.0. The molecule has 3 N–H and O–H groups in total. The Labute approximate surface area is 147 Å². The summed E-state index contributed by atoms with van der Waals surface area (Å²) in [7, 11) is 0. The fraction of sp³-hybridized carbons (Fsp3) is 0. The van der Waals surface area contributed by atoms with Gasteiger partial charge in [-0.25, -0.2) is 0 Å². The molecule has 2 aromatic carbocycles. The summed E-state index contributed by atoms with van der Waals surface area (Å²) in [6, 6.07) is 11.9.